The third kappa shape index (κ3) is 1.72. The van der Waals surface area contributed by atoms with Gasteiger partial charge in [-0.2, -0.15) is 0 Å². The lowest BCUT2D eigenvalue weighted by molar-refractivity contribution is 0.0692. The van der Waals surface area contributed by atoms with Crippen LogP contribution in [0.4, 0.5) is 5.69 Å². The molecular formula is C10H10ClNO3. The summed E-state index contributed by atoms with van der Waals surface area (Å²) < 4.78 is 5.36. The number of halogens is 1. The summed E-state index contributed by atoms with van der Waals surface area (Å²) in [6.45, 7) is 1.22. The highest BCUT2D eigenvalue weighted by Crippen LogP contribution is 2.36. The molecule has 4 nitrogen and oxygen atoms in total. The first kappa shape index (κ1) is 10.1. The Hall–Kier alpha value is -1.42. The van der Waals surface area contributed by atoms with E-state index in [2.05, 4.69) is 0 Å². The first-order valence-corrected chi connectivity index (χ1v) is 4.88. The van der Waals surface area contributed by atoms with Crippen LogP contribution >= 0.6 is 11.6 Å². The molecule has 1 aliphatic rings. The van der Waals surface area contributed by atoms with Gasteiger partial charge in [0.25, 0.3) is 0 Å². The number of hydrogen-bond acceptors (Lipinski definition) is 3. The fraction of sp³-hybridized carbons (Fsp3) is 0.300. The van der Waals surface area contributed by atoms with Crippen molar-refractivity contribution in [2.75, 3.05) is 25.1 Å². The molecule has 0 aromatic heterocycles. The van der Waals surface area contributed by atoms with Crippen molar-refractivity contribution in [3.05, 3.63) is 22.7 Å². The van der Waals surface area contributed by atoms with Gasteiger partial charge in [0.2, 0.25) is 0 Å². The van der Waals surface area contributed by atoms with E-state index in [1.165, 1.54) is 6.07 Å². The molecule has 0 atom stereocenters. The molecule has 1 aliphatic heterocycles. The normalized spacial score (nSPS) is 14.4. The fourth-order valence-corrected chi connectivity index (χ4v) is 1.79. The van der Waals surface area contributed by atoms with Crippen LogP contribution in [-0.4, -0.2) is 31.3 Å². The number of carboxylic acid groups (broad SMARTS) is 1. The molecular weight excluding hydrogens is 218 g/mol. The Kier molecular flexibility index (Phi) is 2.44. The van der Waals surface area contributed by atoms with E-state index >= 15 is 0 Å². The Morgan fingerprint density at radius 1 is 1.60 bits per heavy atom. The molecule has 2 rings (SSSR count). The minimum atomic E-state index is -1.02. The van der Waals surface area contributed by atoms with Crippen LogP contribution in [0, 0.1) is 0 Å². The average molecular weight is 228 g/mol. The van der Waals surface area contributed by atoms with Crippen LogP contribution in [0.25, 0.3) is 0 Å². The van der Waals surface area contributed by atoms with Gasteiger partial charge >= 0.3 is 5.97 Å². The van der Waals surface area contributed by atoms with E-state index in [9.17, 15) is 4.79 Å². The van der Waals surface area contributed by atoms with Crippen LogP contribution < -0.4 is 9.64 Å². The monoisotopic (exact) mass is 227 g/mol. The smallest absolute Gasteiger partial charge is 0.339 e. The summed E-state index contributed by atoms with van der Waals surface area (Å²) in [6.07, 6.45) is 0. The van der Waals surface area contributed by atoms with E-state index < -0.39 is 5.97 Å². The van der Waals surface area contributed by atoms with Crippen molar-refractivity contribution in [1.82, 2.24) is 0 Å². The maximum Gasteiger partial charge on any atom is 0.339 e. The van der Waals surface area contributed by atoms with E-state index in [-0.39, 0.29) is 5.56 Å². The van der Waals surface area contributed by atoms with Gasteiger partial charge in [-0.25, -0.2) is 4.79 Å². The lowest BCUT2D eigenvalue weighted by Gasteiger charge is -2.28. The highest BCUT2D eigenvalue weighted by atomic mass is 35.5. The van der Waals surface area contributed by atoms with Gasteiger partial charge in [-0.3, -0.25) is 0 Å². The first-order valence-electron chi connectivity index (χ1n) is 4.50. The summed E-state index contributed by atoms with van der Waals surface area (Å²) in [7, 11) is 1.88. The van der Waals surface area contributed by atoms with Gasteiger partial charge < -0.3 is 14.7 Å². The zero-order chi connectivity index (χ0) is 11.0. The van der Waals surface area contributed by atoms with Crippen molar-refractivity contribution in [3.63, 3.8) is 0 Å². The molecule has 15 heavy (non-hydrogen) atoms. The number of aromatic carboxylic acids is 1. The van der Waals surface area contributed by atoms with Gasteiger partial charge in [-0.1, -0.05) is 11.6 Å². The summed E-state index contributed by atoms with van der Waals surface area (Å²) in [5.74, 6) is -0.621. The number of likely N-dealkylation sites (N-methyl/N-ethyl adjacent to an activating group) is 1. The number of nitrogens with zero attached hydrogens (tertiary/aromatic N) is 1. The zero-order valence-corrected chi connectivity index (χ0v) is 8.91. The van der Waals surface area contributed by atoms with E-state index in [1.54, 1.807) is 6.07 Å². The molecule has 1 N–H and O–H groups in total. The van der Waals surface area contributed by atoms with Crippen LogP contribution in [0.3, 0.4) is 0 Å². The van der Waals surface area contributed by atoms with Crippen molar-refractivity contribution in [1.29, 1.82) is 0 Å². The fourth-order valence-electron chi connectivity index (χ4n) is 1.58. The van der Waals surface area contributed by atoms with Crippen molar-refractivity contribution < 1.29 is 14.6 Å². The number of rotatable bonds is 1. The van der Waals surface area contributed by atoms with E-state index in [0.717, 1.165) is 12.2 Å². The second-order valence-electron chi connectivity index (χ2n) is 3.38. The highest BCUT2D eigenvalue weighted by molar-refractivity contribution is 6.31. The average Bonchev–Trinajstić information content (AvgIpc) is 2.18. The molecule has 1 aromatic rings. The molecule has 0 unspecified atom stereocenters. The van der Waals surface area contributed by atoms with Gasteiger partial charge in [-0.05, 0) is 12.1 Å². The molecule has 0 aliphatic carbocycles. The van der Waals surface area contributed by atoms with Crippen molar-refractivity contribution in [2.24, 2.45) is 0 Å². The SMILES string of the molecule is CN1CCOc2c(C(=O)O)cc(Cl)cc21. The Morgan fingerprint density at radius 3 is 3.00 bits per heavy atom. The van der Waals surface area contributed by atoms with Crippen LogP contribution in [0.15, 0.2) is 12.1 Å². The Morgan fingerprint density at radius 2 is 2.33 bits per heavy atom. The Bertz CT molecular complexity index is 419. The number of fused-ring (bicyclic) bond motifs is 1. The topological polar surface area (TPSA) is 49.8 Å². The molecule has 0 amide bonds. The van der Waals surface area contributed by atoms with Crippen LogP contribution in [0.1, 0.15) is 10.4 Å². The van der Waals surface area contributed by atoms with Gasteiger partial charge in [0.1, 0.15) is 12.2 Å². The van der Waals surface area contributed by atoms with E-state index in [4.69, 9.17) is 21.4 Å². The van der Waals surface area contributed by atoms with Gasteiger partial charge in [0.05, 0.1) is 12.2 Å². The quantitative estimate of drug-likeness (QED) is 0.796. The Labute approximate surface area is 92.0 Å². The number of hydrogen-bond donors (Lipinski definition) is 1. The first-order chi connectivity index (χ1) is 7.09. The van der Waals surface area contributed by atoms with Crippen molar-refractivity contribution >= 4 is 23.3 Å². The minimum Gasteiger partial charge on any atom is -0.489 e. The second kappa shape index (κ2) is 3.62. The summed E-state index contributed by atoms with van der Waals surface area (Å²) >= 11 is 5.85. The highest BCUT2D eigenvalue weighted by Gasteiger charge is 2.22. The molecule has 0 spiro atoms. The van der Waals surface area contributed by atoms with Gasteiger partial charge in [-0.15, -0.1) is 0 Å². The van der Waals surface area contributed by atoms with Crippen LogP contribution in [0.5, 0.6) is 5.75 Å². The predicted octanol–water partition coefficient (Wildman–Crippen LogP) is 1.87. The standard InChI is InChI=1S/C10H10ClNO3/c1-12-2-3-15-9-7(10(13)14)4-6(11)5-8(9)12/h4-5H,2-3H2,1H3,(H,13,14). The van der Waals surface area contributed by atoms with Crippen LogP contribution in [0.2, 0.25) is 5.02 Å². The maximum atomic E-state index is 11.0. The number of anilines is 1. The number of benzene rings is 1. The number of carbonyl (C=O) groups is 1. The molecule has 1 aromatic carbocycles. The zero-order valence-electron chi connectivity index (χ0n) is 8.16. The molecule has 0 bridgehead atoms. The molecule has 0 saturated heterocycles. The summed E-state index contributed by atoms with van der Waals surface area (Å²) in [6, 6.07) is 3.12. The number of carboxylic acids is 1. The Balaban J connectivity index is 2.62. The summed E-state index contributed by atoms with van der Waals surface area (Å²) in [5.41, 5.74) is 0.843. The summed E-state index contributed by atoms with van der Waals surface area (Å²) in [4.78, 5) is 12.9. The third-order valence-electron chi connectivity index (χ3n) is 2.35. The second-order valence-corrected chi connectivity index (χ2v) is 3.81. The molecule has 0 radical (unpaired) electrons. The lowest BCUT2D eigenvalue weighted by atomic mass is 10.1. The third-order valence-corrected chi connectivity index (χ3v) is 2.57. The molecule has 0 fully saturated rings. The van der Waals surface area contributed by atoms with E-state index in [0.29, 0.717) is 17.4 Å². The number of ether oxygens (including phenoxy) is 1. The molecule has 5 heteroatoms. The largest absolute Gasteiger partial charge is 0.489 e. The molecule has 80 valence electrons. The maximum absolute atomic E-state index is 11.0. The molecule has 0 saturated carbocycles. The van der Waals surface area contributed by atoms with Crippen molar-refractivity contribution in [3.8, 4) is 5.75 Å². The van der Waals surface area contributed by atoms with E-state index in [1.807, 2.05) is 11.9 Å². The van der Waals surface area contributed by atoms with Crippen LogP contribution in [-0.2, 0) is 0 Å². The predicted molar refractivity (Wildman–Crippen MR) is 57.2 cm³/mol. The molecule has 1 heterocycles. The summed E-state index contributed by atoms with van der Waals surface area (Å²) in [5, 5.41) is 9.40. The van der Waals surface area contributed by atoms with Crippen molar-refractivity contribution in [2.45, 2.75) is 0 Å². The lowest BCUT2D eigenvalue weighted by Crippen LogP contribution is -2.29. The minimum absolute atomic E-state index is 0.115. The van der Waals surface area contributed by atoms with Gasteiger partial charge in [0, 0.05) is 12.1 Å². The van der Waals surface area contributed by atoms with Gasteiger partial charge in [0.15, 0.2) is 5.75 Å².